The first kappa shape index (κ1) is 13.8. The molecule has 1 fully saturated rings. The zero-order valence-corrected chi connectivity index (χ0v) is 12.5. The highest BCUT2D eigenvalue weighted by atomic mass is 32.3. The van der Waals surface area contributed by atoms with E-state index in [2.05, 4.69) is 30.8 Å². The third-order valence-corrected chi connectivity index (χ3v) is 7.93. The highest BCUT2D eigenvalue weighted by molar-refractivity contribution is 8.44. The second-order valence-corrected chi connectivity index (χ2v) is 9.41. The van der Waals surface area contributed by atoms with Crippen LogP contribution in [0.1, 0.15) is 38.5 Å². The fraction of sp³-hybridized carbons (Fsp3) is 0.625. The SMILES string of the molecule is C=CCCCCCNC(=C)CCC1C=C2CS21C. The van der Waals surface area contributed by atoms with Crippen LogP contribution in [0.15, 0.2) is 35.9 Å². The third kappa shape index (κ3) is 3.23. The number of fused-ring (bicyclic) bond motifs is 1. The first-order valence-electron chi connectivity index (χ1n) is 7.15. The summed E-state index contributed by atoms with van der Waals surface area (Å²) in [6, 6.07) is 0. The lowest BCUT2D eigenvalue weighted by molar-refractivity contribution is 0.632. The zero-order valence-electron chi connectivity index (χ0n) is 11.7. The number of rotatable bonds is 10. The lowest BCUT2D eigenvalue weighted by Crippen LogP contribution is -2.17. The molecule has 102 valence electrons. The largest absolute Gasteiger partial charge is 0.389 e. The summed E-state index contributed by atoms with van der Waals surface area (Å²) in [4.78, 5) is 1.79. The van der Waals surface area contributed by atoms with Crippen molar-refractivity contribution in [2.45, 2.75) is 43.8 Å². The van der Waals surface area contributed by atoms with Gasteiger partial charge in [-0.15, -0.1) is 6.58 Å². The minimum absolute atomic E-state index is 0.204. The van der Waals surface area contributed by atoms with Gasteiger partial charge in [0.1, 0.15) is 0 Å². The molecule has 0 aromatic carbocycles. The maximum absolute atomic E-state index is 4.14. The van der Waals surface area contributed by atoms with E-state index in [4.69, 9.17) is 0 Å². The minimum atomic E-state index is -0.204. The number of allylic oxidation sites excluding steroid dienone is 2. The summed E-state index contributed by atoms with van der Waals surface area (Å²) in [5, 5.41) is 4.39. The molecule has 0 bridgehead atoms. The average molecular weight is 265 g/mol. The highest BCUT2D eigenvalue weighted by Crippen LogP contribution is 2.80. The fourth-order valence-electron chi connectivity index (χ4n) is 2.66. The molecule has 0 amide bonds. The maximum Gasteiger partial charge on any atom is 0.0143 e. The van der Waals surface area contributed by atoms with E-state index in [0.29, 0.717) is 0 Å². The Morgan fingerprint density at radius 1 is 1.50 bits per heavy atom. The van der Waals surface area contributed by atoms with Gasteiger partial charge in [0.25, 0.3) is 0 Å². The van der Waals surface area contributed by atoms with E-state index in [1.165, 1.54) is 37.1 Å². The van der Waals surface area contributed by atoms with Gasteiger partial charge in [-0.25, -0.2) is 10.0 Å². The van der Waals surface area contributed by atoms with Crippen molar-refractivity contribution in [1.29, 1.82) is 0 Å². The fourth-order valence-corrected chi connectivity index (χ4v) is 5.80. The molecular weight excluding hydrogens is 238 g/mol. The molecule has 2 heteroatoms. The van der Waals surface area contributed by atoms with Crippen LogP contribution >= 0.6 is 10.0 Å². The van der Waals surface area contributed by atoms with Gasteiger partial charge in [0.2, 0.25) is 0 Å². The Morgan fingerprint density at radius 3 is 2.94 bits per heavy atom. The van der Waals surface area contributed by atoms with E-state index in [0.717, 1.165) is 24.6 Å². The second kappa shape index (κ2) is 6.01. The van der Waals surface area contributed by atoms with Crippen LogP contribution < -0.4 is 5.32 Å². The van der Waals surface area contributed by atoms with Crippen molar-refractivity contribution in [1.82, 2.24) is 5.32 Å². The summed E-state index contributed by atoms with van der Waals surface area (Å²) in [5.41, 5.74) is 1.24. The molecule has 0 aromatic heterocycles. The Bertz CT molecular complexity index is 358. The van der Waals surface area contributed by atoms with E-state index >= 15 is 0 Å². The van der Waals surface area contributed by atoms with Crippen molar-refractivity contribution in [3.63, 3.8) is 0 Å². The molecule has 0 aromatic rings. The predicted molar refractivity (Wildman–Crippen MR) is 85.3 cm³/mol. The Labute approximate surface area is 114 Å². The molecule has 0 aliphatic carbocycles. The van der Waals surface area contributed by atoms with Crippen LogP contribution in [0.25, 0.3) is 0 Å². The van der Waals surface area contributed by atoms with Gasteiger partial charge >= 0.3 is 0 Å². The second-order valence-electron chi connectivity index (χ2n) is 5.68. The molecule has 0 radical (unpaired) electrons. The van der Waals surface area contributed by atoms with Gasteiger partial charge in [-0.05, 0) is 43.3 Å². The van der Waals surface area contributed by atoms with E-state index in [9.17, 15) is 0 Å². The zero-order chi connectivity index (χ0) is 13.0. The molecule has 2 aliphatic rings. The molecule has 2 heterocycles. The molecule has 0 spiro atoms. The Balaban J connectivity index is 1.46. The van der Waals surface area contributed by atoms with Gasteiger partial charge in [0.15, 0.2) is 0 Å². The van der Waals surface area contributed by atoms with Gasteiger partial charge in [-0.3, -0.25) is 0 Å². The van der Waals surface area contributed by atoms with Gasteiger partial charge in [0, 0.05) is 23.2 Å². The third-order valence-electron chi connectivity index (χ3n) is 4.18. The molecule has 2 rings (SSSR count). The summed E-state index contributed by atoms with van der Waals surface area (Å²) in [7, 11) is -0.204. The van der Waals surface area contributed by atoms with Crippen LogP contribution in [-0.2, 0) is 0 Å². The van der Waals surface area contributed by atoms with E-state index in [1.54, 1.807) is 4.91 Å². The molecular formula is C16H27NS. The van der Waals surface area contributed by atoms with Crippen LogP contribution in [0.3, 0.4) is 0 Å². The number of nitrogens with one attached hydrogen (secondary N) is 1. The van der Waals surface area contributed by atoms with E-state index < -0.39 is 0 Å². The molecule has 2 aliphatic heterocycles. The molecule has 18 heavy (non-hydrogen) atoms. The molecule has 2 atom stereocenters. The van der Waals surface area contributed by atoms with Crippen molar-refractivity contribution >= 4 is 10.0 Å². The summed E-state index contributed by atoms with van der Waals surface area (Å²) in [6.45, 7) is 8.97. The average Bonchev–Trinajstić information content (AvgIpc) is 2.88. The van der Waals surface area contributed by atoms with Gasteiger partial charge in [-0.2, -0.15) is 0 Å². The van der Waals surface area contributed by atoms with Crippen molar-refractivity contribution in [3.8, 4) is 0 Å². The quantitative estimate of drug-likeness (QED) is 0.352. The standard InChI is InChI=1S/C16H27NS/c1-4-5-6-7-8-11-17-14(2)9-10-15-12-16-13-18(15,16)3/h4,12,15,17H,1-2,5-11,13H2,3H3. The van der Waals surface area contributed by atoms with E-state index in [-0.39, 0.29) is 10.0 Å². The lowest BCUT2D eigenvalue weighted by Gasteiger charge is -2.31. The molecule has 2 unspecified atom stereocenters. The van der Waals surface area contributed by atoms with Crippen LogP contribution in [-0.4, -0.2) is 23.8 Å². The smallest absolute Gasteiger partial charge is 0.0143 e. The lowest BCUT2D eigenvalue weighted by atomic mass is 10.1. The van der Waals surface area contributed by atoms with Gasteiger partial charge < -0.3 is 5.32 Å². The first-order chi connectivity index (χ1) is 8.66. The van der Waals surface area contributed by atoms with Gasteiger partial charge in [-0.1, -0.05) is 25.2 Å². The number of hydrogen-bond acceptors (Lipinski definition) is 1. The maximum atomic E-state index is 4.14. The minimum Gasteiger partial charge on any atom is -0.389 e. The normalized spacial score (nSPS) is 31.4. The first-order valence-corrected chi connectivity index (χ1v) is 9.42. The Kier molecular flexibility index (Phi) is 4.60. The van der Waals surface area contributed by atoms with Crippen molar-refractivity contribution in [3.05, 3.63) is 35.9 Å². The Morgan fingerprint density at radius 2 is 2.33 bits per heavy atom. The van der Waals surface area contributed by atoms with Crippen LogP contribution in [0, 0.1) is 0 Å². The van der Waals surface area contributed by atoms with Crippen molar-refractivity contribution in [2.24, 2.45) is 0 Å². The van der Waals surface area contributed by atoms with Crippen LogP contribution in [0.5, 0.6) is 0 Å². The molecule has 0 saturated carbocycles. The highest BCUT2D eigenvalue weighted by Gasteiger charge is 2.51. The molecule has 1 nitrogen and oxygen atoms in total. The topological polar surface area (TPSA) is 12.0 Å². The monoisotopic (exact) mass is 265 g/mol. The van der Waals surface area contributed by atoms with Gasteiger partial charge in [0.05, 0.1) is 0 Å². The molecule has 1 N–H and O–H groups in total. The summed E-state index contributed by atoms with van der Waals surface area (Å²) >= 11 is 0. The number of unbranched alkanes of at least 4 members (excludes halogenated alkanes) is 3. The summed E-state index contributed by atoms with van der Waals surface area (Å²) in [5.74, 6) is 1.45. The summed E-state index contributed by atoms with van der Waals surface area (Å²) < 4.78 is 0. The molecule has 1 saturated heterocycles. The number of hydrogen-bond donors (Lipinski definition) is 1. The van der Waals surface area contributed by atoms with Crippen LogP contribution in [0.2, 0.25) is 0 Å². The van der Waals surface area contributed by atoms with Crippen LogP contribution in [0.4, 0.5) is 0 Å². The predicted octanol–water partition coefficient (Wildman–Crippen LogP) is 4.33. The van der Waals surface area contributed by atoms with Crippen molar-refractivity contribution < 1.29 is 0 Å². The van der Waals surface area contributed by atoms with E-state index in [1.807, 2.05) is 6.08 Å². The summed E-state index contributed by atoms with van der Waals surface area (Å²) in [6.07, 6.45) is 14.5. The Hall–Kier alpha value is -0.630. The van der Waals surface area contributed by atoms with Crippen molar-refractivity contribution in [2.75, 3.05) is 18.6 Å².